The number of H-pyrrole nitrogens is 1. The number of rotatable bonds is 6. The van der Waals surface area contributed by atoms with Gasteiger partial charge < -0.3 is 10.1 Å². The number of amides is 2. The first-order valence-corrected chi connectivity index (χ1v) is 7.96. The second kappa shape index (κ2) is 8.09. The maximum Gasteiger partial charge on any atom is 0.251 e. The average Bonchev–Trinajstić information content (AvgIpc) is 3.14. The van der Waals surface area contributed by atoms with Gasteiger partial charge in [0.15, 0.2) is 5.82 Å². The fraction of sp³-hybridized carbons (Fsp3) is 0.111. The number of nitrogens with one attached hydrogen (secondary N) is 3. The number of para-hydroxylation sites is 1. The number of nitrogens with zero attached hydrogens (tertiary/aromatic N) is 2. The molecule has 3 rings (SSSR count). The summed E-state index contributed by atoms with van der Waals surface area (Å²) in [4.78, 5) is 28.1. The number of hydrogen-bond acceptors (Lipinski definition) is 5. The number of ether oxygens (including phenoxy) is 1. The van der Waals surface area contributed by atoms with Gasteiger partial charge in [0, 0.05) is 5.56 Å². The summed E-state index contributed by atoms with van der Waals surface area (Å²) in [7, 11) is 1.54. The molecule has 1 aromatic heterocycles. The van der Waals surface area contributed by atoms with Gasteiger partial charge in [-0.25, -0.2) is 4.39 Å². The summed E-state index contributed by atoms with van der Waals surface area (Å²) in [5.41, 5.74) is 0.812. The van der Waals surface area contributed by atoms with Crippen LogP contribution >= 0.6 is 0 Å². The first kappa shape index (κ1) is 18.1. The Morgan fingerprint density at radius 1 is 1.19 bits per heavy atom. The lowest BCUT2D eigenvalue weighted by Crippen LogP contribution is -2.33. The minimum absolute atomic E-state index is 0.0564. The van der Waals surface area contributed by atoms with Gasteiger partial charge in [0.25, 0.3) is 5.91 Å². The molecular formula is C18H16FN5O3. The van der Waals surface area contributed by atoms with Crippen LogP contribution in [0.1, 0.15) is 10.4 Å². The van der Waals surface area contributed by atoms with E-state index in [4.69, 9.17) is 4.74 Å². The Balaban J connectivity index is 1.59. The van der Waals surface area contributed by atoms with Crippen LogP contribution in [0.5, 0.6) is 5.75 Å². The van der Waals surface area contributed by atoms with Crippen molar-refractivity contribution in [3.8, 4) is 17.1 Å². The van der Waals surface area contributed by atoms with E-state index in [1.54, 1.807) is 19.2 Å². The summed E-state index contributed by atoms with van der Waals surface area (Å²) in [5.74, 6) is -0.530. The Kier molecular flexibility index (Phi) is 5.41. The van der Waals surface area contributed by atoms with Crippen LogP contribution in [-0.4, -0.2) is 40.7 Å². The molecule has 3 aromatic rings. The zero-order valence-electron chi connectivity index (χ0n) is 14.3. The van der Waals surface area contributed by atoms with Crippen molar-refractivity contribution >= 4 is 17.8 Å². The molecule has 0 aliphatic rings. The lowest BCUT2D eigenvalue weighted by Gasteiger charge is -2.05. The van der Waals surface area contributed by atoms with Crippen LogP contribution in [0.2, 0.25) is 0 Å². The molecule has 0 radical (unpaired) electrons. The summed E-state index contributed by atoms with van der Waals surface area (Å²) in [5, 5.41) is 11.5. The third-order valence-electron chi connectivity index (χ3n) is 3.60. The first-order chi connectivity index (χ1) is 13.1. The van der Waals surface area contributed by atoms with Gasteiger partial charge in [0.05, 0.1) is 19.2 Å². The van der Waals surface area contributed by atoms with E-state index < -0.39 is 17.6 Å². The highest BCUT2D eigenvalue weighted by atomic mass is 19.1. The molecule has 0 saturated carbocycles. The summed E-state index contributed by atoms with van der Waals surface area (Å²) in [6.45, 7) is -0.312. The van der Waals surface area contributed by atoms with Crippen molar-refractivity contribution in [2.24, 2.45) is 0 Å². The van der Waals surface area contributed by atoms with Gasteiger partial charge in [-0.2, -0.15) is 4.98 Å². The molecule has 3 N–H and O–H groups in total. The SMILES string of the molecule is COc1ccccc1-c1nc(NC(=O)CNC(=O)c2cccc(F)c2)n[nH]1. The van der Waals surface area contributed by atoms with Crippen LogP contribution in [0.3, 0.4) is 0 Å². The standard InChI is InChI=1S/C18H16FN5O3/c1-27-14-8-3-2-7-13(14)16-22-18(24-23-16)21-15(25)10-20-17(26)11-5-4-6-12(19)9-11/h2-9H,10H2,1H3,(H,20,26)(H2,21,22,23,24,25). The monoisotopic (exact) mass is 369 g/mol. The first-order valence-electron chi connectivity index (χ1n) is 7.96. The van der Waals surface area contributed by atoms with Gasteiger partial charge in [-0.3, -0.25) is 20.0 Å². The van der Waals surface area contributed by atoms with Gasteiger partial charge >= 0.3 is 0 Å². The number of aromatic amines is 1. The van der Waals surface area contributed by atoms with Crippen LogP contribution in [-0.2, 0) is 4.79 Å². The van der Waals surface area contributed by atoms with Gasteiger partial charge in [0.2, 0.25) is 11.9 Å². The summed E-state index contributed by atoms with van der Waals surface area (Å²) in [6, 6.07) is 12.4. The highest BCUT2D eigenvalue weighted by molar-refractivity contribution is 5.98. The Morgan fingerprint density at radius 2 is 2.00 bits per heavy atom. The van der Waals surface area contributed by atoms with Crippen molar-refractivity contribution < 1.29 is 18.7 Å². The smallest absolute Gasteiger partial charge is 0.251 e. The molecule has 0 aliphatic carbocycles. The molecular weight excluding hydrogens is 353 g/mol. The number of carbonyl (C=O) groups excluding carboxylic acids is 2. The zero-order chi connectivity index (χ0) is 19.2. The number of methoxy groups -OCH3 is 1. The Labute approximate surface area is 153 Å². The molecule has 0 spiro atoms. The summed E-state index contributed by atoms with van der Waals surface area (Å²) >= 11 is 0. The molecule has 9 heteroatoms. The zero-order valence-corrected chi connectivity index (χ0v) is 14.3. The molecule has 8 nitrogen and oxygen atoms in total. The average molecular weight is 369 g/mol. The van der Waals surface area contributed by atoms with E-state index in [-0.39, 0.29) is 18.1 Å². The Hall–Kier alpha value is -3.75. The Bertz CT molecular complexity index is 973. The van der Waals surface area contributed by atoms with Gasteiger partial charge in [-0.1, -0.05) is 18.2 Å². The number of anilines is 1. The van der Waals surface area contributed by atoms with Crippen molar-refractivity contribution in [1.82, 2.24) is 20.5 Å². The molecule has 0 bridgehead atoms. The second-order valence-corrected chi connectivity index (χ2v) is 5.45. The quantitative estimate of drug-likeness (QED) is 0.616. The van der Waals surface area contributed by atoms with Gasteiger partial charge in [0.1, 0.15) is 11.6 Å². The van der Waals surface area contributed by atoms with Crippen molar-refractivity contribution in [3.63, 3.8) is 0 Å². The van der Waals surface area contributed by atoms with Crippen LogP contribution < -0.4 is 15.4 Å². The van der Waals surface area contributed by atoms with E-state index in [2.05, 4.69) is 25.8 Å². The Morgan fingerprint density at radius 3 is 2.78 bits per heavy atom. The van der Waals surface area contributed by atoms with E-state index in [9.17, 15) is 14.0 Å². The largest absolute Gasteiger partial charge is 0.496 e. The van der Waals surface area contributed by atoms with E-state index in [0.717, 1.165) is 6.07 Å². The van der Waals surface area contributed by atoms with Crippen LogP contribution in [0.15, 0.2) is 48.5 Å². The summed E-state index contributed by atoms with van der Waals surface area (Å²) in [6.07, 6.45) is 0. The lowest BCUT2D eigenvalue weighted by molar-refractivity contribution is -0.115. The highest BCUT2D eigenvalue weighted by Crippen LogP contribution is 2.26. The number of aromatic nitrogens is 3. The van der Waals surface area contributed by atoms with E-state index in [1.807, 2.05) is 12.1 Å². The fourth-order valence-electron chi connectivity index (χ4n) is 2.34. The van der Waals surface area contributed by atoms with Crippen LogP contribution in [0.25, 0.3) is 11.4 Å². The topological polar surface area (TPSA) is 109 Å². The third-order valence-corrected chi connectivity index (χ3v) is 3.60. The fourth-order valence-corrected chi connectivity index (χ4v) is 2.34. The summed E-state index contributed by atoms with van der Waals surface area (Å²) < 4.78 is 18.4. The number of benzene rings is 2. The minimum Gasteiger partial charge on any atom is -0.496 e. The maximum absolute atomic E-state index is 13.1. The van der Waals surface area contributed by atoms with Crippen molar-refractivity contribution in [2.75, 3.05) is 19.0 Å². The minimum atomic E-state index is -0.561. The molecule has 0 unspecified atom stereocenters. The molecule has 0 fully saturated rings. The van der Waals surface area contributed by atoms with Gasteiger partial charge in [-0.15, -0.1) is 5.10 Å². The predicted octanol–water partition coefficient (Wildman–Crippen LogP) is 1.99. The molecule has 1 heterocycles. The van der Waals surface area contributed by atoms with Crippen molar-refractivity contribution in [3.05, 3.63) is 59.9 Å². The molecule has 0 atom stereocenters. The predicted molar refractivity (Wildman–Crippen MR) is 95.7 cm³/mol. The molecule has 2 amide bonds. The lowest BCUT2D eigenvalue weighted by atomic mass is 10.2. The molecule has 0 saturated heterocycles. The van der Waals surface area contributed by atoms with Crippen molar-refractivity contribution in [1.29, 1.82) is 0 Å². The van der Waals surface area contributed by atoms with Crippen molar-refractivity contribution in [2.45, 2.75) is 0 Å². The van der Waals surface area contributed by atoms with E-state index >= 15 is 0 Å². The highest BCUT2D eigenvalue weighted by Gasteiger charge is 2.13. The van der Waals surface area contributed by atoms with Crippen LogP contribution in [0.4, 0.5) is 10.3 Å². The number of carbonyl (C=O) groups is 2. The number of hydrogen-bond donors (Lipinski definition) is 3. The molecule has 2 aromatic carbocycles. The number of halogens is 1. The normalized spacial score (nSPS) is 10.3. The molecule has 138 valence electrons. The van der Waals surface area contributed by atoms with E-state index in [0.29, 0.717) is 17.1 Å². The third kappa shape index (κ3) is 4.46. The molecule has 0 aliphatic heterocycles. The second-order valence-electron chi connectivity index (χ2n) is 5.45. The maximum atomic E-state index is 13.1. The van der Waals surface area contributed by atoms with E-state index in [1.165, 1.54) is 18.2 Å². The van der Waals surface area contributed by atoms with Crippen LogP contribution in [0, 0.1) is 5.82 Å². The molecule has 27 heavy (non-hydrogen) atoms. The van der Waals surface area contributed by atoms with Gasteiger partial charge in [-0.05, 0) is 30.3 Å².